The molecule has 2 aromatic carbocycles. The van der Waals surface area contributed by atoms with Gasteiger partial charge < -0.3 is 9.47 Å². The van der Waals surface area contributed by atoms with Gasteiger partial charge in [-0.25, -0.2) is 0 Å². The Morgan fingerprint density at radius 3 is 2.17 bits per heavy atom. The van der Waals surface area contributed by atoms with Crippen LogP contribution >= 0.6 is 0 Å². The molecule has 0 radical (unpaired) electrons. The molecular weight excluding hydrogens is 294 g/mol. The van der Waals surface area contributed by atoms with Gasteiger partial charge in [0.25, 0.3) is 5.91 Å². The average Bonchev–Trinajstić information content (AvgIpc) is 2.87. The van der Waals surface area contributed by atoms with Gasteiger partial charge in [0.15, 0.2) is 5.72 Å². The quantitative estimate of drug-likeness (QED) is 0.814. The van der Waals surface area contributed by atoms with Crippen molar-refractivity contribution in [3.8, 4) is 5.75 Å². The number of nitrogens with zero attached hydrogens (tertiary/aromatic N) is 1. The van der Waals surface area contributed by atoms with Crippen molar-refractivity contribution < 1.29 is 19.1 Å². The molecule has 1 aliphatic heterocycles. The van der Waals surface area contributed by atoms with Crippen LogP contribution in [0.25, 0.3) is 0 Å². The number of amides is 1. The van der Waals surface area contributed by atoms with Crippen LogP contribution in [-0.4, -0.2) is 25.9 Å². The summed E-state index contributed by atoms with van der Waals surface area (Å²) in [5.74, 6) is -0.359. The Hall–Kier alpha value is -2.66. The minimum Gasteiger partial charge on any atom is -0.497 e. The lowest BCUT2D eigenvalue weighted by Crippen LogP contribution is -2.45. The first-order chi connectivity index (χ1) is 11.1. The van der Waals surface area contributed by atoms with E-state index in [4.69, 9.17) is 9.47 Å². The monoisotopic (exact) mass is 311 g/mol. The molecule has 23 heavy (non-hydrogen) atoms. The Kier molecular flexibility index (Phi) is 3.88. The lowest BCUT2D eigenvalue weighted by Gasteiger charge is -2.36. The Morgan fingerprint density at radius 1 is 0.957 bits per heavy atom. The topological polar surface area (TPSA) is 55.8 Å². The summed E-state index contributed by atoms with van der Waals surface area (Å²) in [6, 6.07) is 16.3. The molecule has 0 saturated carbocycles. The molecule has 1 aliphatic rings. The van der Waals surface area contributed by atoms with Crippen LogP contribution in [0.15, 0.2) is 54.6 Å². The van der Waals surface area contributed by atoms with Crippen LogP contribution < -0.4 is 9.64 Å². The number of rotatable bonds is 4. The van der Waals surface area contributed by atoms with E-state index in [1.807, 2.05) is 30.3 Å². The van der Waals surface area contributed by atoms with Gasteiger partial charge in [-0.05, 0) is 24.3 Å². The molecule has 3 rings (SSSR count). The Labute approximate surface area is 134 Å². The molecule has 1 saturated heterocycles. The smallest absolute Gasteiger partial charge is 0.297 e. The third kappa shape index (κ3) is 2.39. The summed E-state index contributed by atoms with van der Waals surface area (Å²) in [6.45, 7) is 0. The number of hydrogen-bond acceptors (Lipinski definition) is 4. The molecule has 0 spiro atoms. The average molecular weight is 311 g/mol. The molecule has 1 heterocycles. The van der Waals surface area contributed by atoms with E-state index in [0.717, 1.165) is 5.56 Å². The number of ether oxygens (including phenoxy) is 2. The number of carbonyl (C=O) groups excluding carboxylic acids is 2. The third-order valence-electron chi connectivity index (χ3n) is 4.10. The summed E-state index contributed by atoms with van der Waals surface area (Å²) in [4.78, 5) is 26.0. The van der Waals surface area contributed by atoms with Crippen molar-refractivity contribution >= 4 is 17.4 Å². The molecule has 1 atom stereocenters. The number of hydrogen-bond donors (Lipinski definition) is 0. The molecule has 0 bridgehead atoms. The second kappa shape index (κ2) is 5.85. The highest BCUT2D eigenvalue weighted by atomic mass is 16.5. The number of carbonyl (C=O) groups is 2. The summed E-state index contributed by atoms with van der Waals surface area (Å²) >= 11 is 0. The van der Waals surface area contributed by atoms with E-state index in [0.29, 0.717) is 11.4 Å². The second-order valence-corrected chi connectivity index (χ2v) is 5.29. The van der Waals surface area contributed by atoms with Gasteiger partial charge in [-0.3, -0.25) is 14.5 Å². The molecule has 5 nitrogen and oxygen atoms in total. The van der Waals surface area contributed by atoms with Crippen LogP contribution in [0.5, 0.6) is 5.75 Å². The minimum atomic E-state index is -1.12. The van der Waals surface area contributed by atoms with Crippen LogP contribution in [0.2, 0.25) is 0 Å². The highest BCUT2D eigenvalue weighted by Gasteiger charge is 2.53. The standard InChI is InChI=1S/C18H17NO4/c1-22-15-10-8-14(9-11-15)19-17(21)16(20)12-18(19,23-2)13-6-4-3-5-7-13/h3-11H,12H2,1-2H3. The summed E-state index contributed by atoms with van der Waals surface area (Å²) in [7, 11) is 3.08. The first-order valence-corrected chi connectivity index (χ1v) is 7.24. The van der Waals surface area contributed by atoms with E-state index < -0.39 is 17.4 Å². The highest BCUT2D eigenvalue weighted by molar-refractivity contribution is 6.44. The summed E-state index contributed by atoms with van der Waals surface area (Å²) in [5, 5.41) is 0. The van der Waals surface area contributed by atoms with E-state index in [9.17, 15) is 9.59 Å². The third-order valence-corrected chi connectivity index (χ3v) is 4.10. The molecule has 118 valence electrons. The molecule has 0 N–H and O–H groups in total. The van der Waals surface area contributed by atoms with Crippen molar-refractivity contribution in [2.75, 3.05) is 19.1 Å². The molecule has 0 aliphatic carbocycles. The van der Waals surface area contributed by atoms with Crippen LogP contribution in [0.4, 0.5) is 5.69 Å². The van der Waals surface area contributed by atoms with Crippen LogP contribution in [0, 0.1) is 0 Å². The van der Waals surface area contributed by atoms with Crippen LogP contribution in [0.3, 0.4) is 0 Å². The molecule has 2 aromatic rings. The first-order valence-electron chi connectivity index (χ1n) is 7.24. The Balaban J connectivity index is 2.13. The normalized spacial score (nSPS) is 20.9. The van der Waals surface area contributed by atoms with Gasteiger partial charge in [-0.1, -0.05) is 30.3 Å². The fourth-order valence-electron chi connectivity index (χ4n) is 2.93. The molecule has 1 fully saturated rings. The summed E-state index contributed by atoms with van der Waals surface area (Å²) in [5.41, 5.74) is 0.231. The zero-order chi connectivity index (χ0) is 16.4. The van der Waals surface area contributed by atoms with Crippen molar-refractivity contribution in [1.29, 1.82) is 0 Å². The van der Waals surface area contributed by atoms with Crippen molar-refractivity contribution in [3.63, 3.8) is 0 Å². The van der Waals surface area contributed by atoms with Crippen molar-refractivity contribution in [2.24, 2.45) is 0 Å². The zero-order valence-corrected chi connectivity index (χ0v) is 13.0. The highest BCUT2D eigenvalue weighted by Crippen LogP contribution is 2.42. The Morgan fingerprint density at radius 2 is 1.61 bits per heavy atom. The van der Waals surface area contributed by atoms with Crippen molar-refractivity contribution in [2.45, 2.75) is 12.1 Å². The van der Waals surface area contributed by atoms with Gasteiger partial charge in [-0.15, -0.1) is 0 Å². The largest absolute Gasteiger partial charge is 0.497 e. The van der Waals surface area contributed by atoms with Crippen molar-refractivity contribution in [3.05, 3.63) is 60.2 Å². The maximum atomic E-state index is 12.5. The molecular formula is C18H17NO4. The molecule has 5 heteroatoms. The molecule has 0 aromatic heterocycles. The molecule has 1 unspecified atom stereocenters. The minimum absolute atomic E-state index is 0.0155. The maximum Gasteiger partial charge on any atom is 0.297 e. The maximum absolute atomic E-state index is 12.5. The van der Waals surface area contributed by atoms with Crippen molar-refractivity contribution in [1.82, 2.24) is 0 Å². The number of benzene rings is 2. The number of Topliss-reactive ketones (excluding diaryl/α,β-unsaturated/α-hetero) is 1. The summed E-state index contributed by atoms with van der Waals surface area (Å²) in [6.07, 6.45) is -0.0155. The fourth-order valence-corrected chi connectivity index (χ4v) is 2.93. The van der Waals surface area contributed by atoms with Gasteiger partial charge in [0.2, 0.25) is 5.78 Å². The van der Waals surface area contributed by atoms with E-state index in [1.54, 1.807) is 31.4 Å². The lowest BCUT2D eigenvalue weighted by atomic mass is 9.99. The summed E-state index contributed by atoms with van der Waals surface area (Å²) < 4.78 is 10.8. The SMILES string of the molecule is COc1ccc(N2C(=O)C(=O)CC2(OC)c2ccccc2)cc1. The van der Waals surface area contributed by atoms with Crippen LogP contribution in [-0.2, 0) is 20.1 Å². The van der Waals surface area contributed by atoms with Gasteiger partial charge >= 0.3 is 0 Å². The number of anilines is 1. The van der Waals surface area contributed by atoms with E-state index in [-0.39, 0.29) is 6.42 Å². The van der Waals surface area contributed by atoms with Gasteiger partial charge in [0.1, 0.15) is 5.75 Å². The fraction of sp³-hybridized carbons (Fsp3) is 0.222. The van der Waals surface area contributed by atoms with E-state index in [1.165, 1.54) is 12.0 Å². The number of methoxy groups -OCH3 is 2. The second-order valence-electron chi connectivity index (χ2n) is 5.29. The zero-order valence-electron chi connectivity index (χ0n) is 13.0. The van der Waals surface area contributed by atoms with E-state index >= 15 is 0 Å². The van der Waals surface area contributed by atoms with Crippen LogP contribution in [0.1, 0.15) is 12.0 Å². The van der Waals surface area contributed by atoms with Gasteiger partial charge in [0, 0.05) is 18.4 Å². The van der Waals surface area contributed by atoms with Gasteiger partial charge in [-0.2, -0.15) is 0 Å². The number of ketones is 1. The van der Waals surface area contributed by atoms with E-state index in [2.05, 4.69) is 0 Å². The molecule has 1 amide bonds. The first kappa shape index (κ1) is 15.2. The predicted molar refractivity (Wildman–Crippen MR) is 85.2 cm³/mol. The predicted octanol–water partition coefficient (Wildman–Crippen LogP) is 2.50. The Bertz CT molecular complexity index is 726. The lowest BCUT2D eigenvalue weighted by molar-refractivity contribution is -0.133. The van der Waals surface area contributed by atoms with Gasteiger partial charge in [0.05, 0.1) is 13.5 Å².